The largest absolute Gasteiger partial charge is 0.310 e. The van der Waals surface area contributed by atoms with Gasteiger partial charge in [0, 0.05) is 31.1 Å². The van der Waals surface area contributed by atoms with Crippen molar-refractivity contribution in [1.29, 1.82) is 0 Å². The van der Waals surface area contributed by atoms with E-state index in [0.717, 1.165) is 6.26 Å². The van der Waals surface area contributed by atoms with Crippen LogP contribution in [0, 0.1) is 0 Å². The molecule has 3 heterocycles. The fraction of sp³-hybridized carbons (Fsp3) is 0.143. The van der Waals surface area contributed by atoms with E-state index in [2.05, 4.69) is 20.4 Å². The molecule has 0 saturated carbocycles. The van der Waals surface area contributed by atoms with Gasteiger partial charge in [-0.2, -0.15) is 5.10 Å². The third-order valence-corrected chi connectivity index (χ3v) is 4.14. The smallest absolute Gasteiger partial charge is 0.222 e. The molecule has 0 unspecified atom stereocenters. The predicted molar refractivity (Wildman–Crippen MR) is 83.6 cm³/mol. The number of hydrogen-bond donors (Lipinski definition) is 1. The van der Waals surface area contributed by atoms with Crippen molar-refractivity contribution >= 4 is 27.2 Å². The highest BCUT2D eigenvalue weighted by atomic mass is 32.2. The van der Waals surface area contributed by atoms with Crippen molar-refractivity contribution in [3.63, 3.8) is 0 Å². The van der Waals surface area contributed by atoms with E-state index in [1.807, 2.05) is 0 Å². The van der Waals surface area contributed by atoms with Crippen molar-refractivity contribution in [2.45, 2.75) is 11.8 Å². The Hall–Kier alpha value is -2.81. The quantitative estimate of drug-likeness (QED) is 0.771. The molecule has 118 valence electrons. The molecule has 8 nitrogen and oxygen atoms in total. The van der Waals surface area contributed by atoms with Gasteiger partial charge < -0.3 is 5.32 Å². The van der Waals surface area contributed by atoms with Gasteiger partial charge in [-0.1, -0.05) is 0 Å². The van der Waals surface area contributed by atoms with E-state index in [1.165, 1.54) is 29.9 Å². The molecule has 3 aromatic rings. The molecule has 0 aliphatic heterocycles. The first kappa shape index (κ1) is 15.1. The first-order chi connectivity index (χ1) is 10.8. The molecule has 0 aliphatic carbocycles. The zero-order chi connectivity index (χ0) is 16.6. The average molecular weight is 331 g/mol. The number of nitrogens with one attached hydrogen (secondary N) is 1. The van der Waals surface area contributed by atoms with Crippen LogP contribution in [0.4, 0.5) is 5.82 Å². The number of amides is 1. The zero-order valence-corrected chi connectivity index (χ0v) is 13.2. The lowest BCUT2D eigenvalue weighted by atomic mass is 10.2. The molecule has 1 amide bonds. The third kappa shape index (κ3) is 3.19. The fourth-order valence-electron chi connectivity index (χ4n) is 2.04. The molecule has 0 atom stereocenters. The molecule has 0 spiro atoms. The van der Waals surface area contributed by atoms with Crippen LogP contribution in [0.1, 0.15) is 6.92 Å². The molecule has 0 aliphatic rings. The molecule has 9 heteroatoms. The van der Waals surface area contributed by atoms with Crippen LogP contribution in [0.25, 0.3) is 16.9 Å². The van der Waals surface area contributed by atoms with Gasteiger partial charge in [0.15, 0.2) is 21.3 Å². The maximum Gasteiger partial charge on any atom is 0.222 e. The minimum atomic E-state index is -3.34. The lowest BCUT2D eigenvalue weighted by Crippen LogP contribution is -2.05. The molecule has 0 aromatic carbocycles. The number of aromatic nitrogens is 4. The SMILES string of the molecule is CC(=O)Nc1cn2nc(-c3cncc(S(C)(=O)=O)c3)ccc2n1. The van der Waals surface area contributed by atoms with E-state index in [9.17, 15) is 13.2 Å². The summed E-state index contributed by atoms with van der Waals surface area (Å²) in [4.78, 5) is 19.3. The lowest BCUT2D eigenvalue weighted by Gasteiger charge is -2.03. The van der Waals surface area contributed by atoms with Crippen LogP contribution < -0.4 is 5.32 Å². The summed E-state index contributed by atoms with van der Waals surface area (Å²) in [5.74, 6) is 0.170. The number of hydrogen-bond acceptors (Lipinski definition) is 6. The highest BCUT2D eigenvalue weighted by molar-refractivity contribution is 7.90. The number of nitrogens with zero attached hydrogens (tertiary/aromatic N) is 4. The molecule has 0 bridgehead atoms. The highest BCUT2D eigenvalue weighted by Crippen LogP contribution is 2.20. The van der Waals surface area contributed by atoms with Crippen LogP contribution in [0.5, 0.6) is 0 Å². The Bertz CT molecular complexity index is 1010. The first-order valence-corrected chi connectivity index (χ1v) is 8.51. The van der Waals surface area contributed by atoms with E-state index in [4.69, 9.17) is 0 Å². The van der Waals surface area contributed by atoms with E-state index in [1.54, 1.807) is 18.3 Å². The van der Waals surface area contributed by atoms with Crippen molar-refractivity contribution in [2.24, 2.45) is 0 Å². The van der Waals surface area contributed by atoms with Crippen molar-refractivity contribution < 1.29 is 13.2 Å². The minimum Gasteiger partial charge on any atom is -0.310 e. The summed E-state index contributed by atoms with van der Waals surface area (Å²) in [5, 5.41) is 6.94. The topological polar surface area (TPSA) is 106 Å². The van der Waals surface area contributed by atoms with Gasteiger partial charge in [0.2, 0.25) is 5.91 Å². The van der Waals surface area contributed by atoms with Crippen LogP contribution in [-0.2, 0) is 14.6 Å². The summed E-state index contributed by atoms with van der Waals surface area (Å²) in [7, 11) is -3.34. The molecule has 0 radical (unpaired) electrons. The van der Waals surface area contributed by atoms with Crippen LogP contribution in [0.15, 0.2) is 41.7 Å². The van der Waals surface area contributed by atoms with Gasteiger partial charge in [-0.25, -0.2) is 17.9 Å². The monoisotopic (exact) mass is 331 g/mol. The second-order valence-electron chi connectivity index (χ2n) is 5.01. The van der Waals surface area contributed by atoms with E-state index in [-0.39, 0.29) is 10.8 Å². The number of anilines is 1. The fourth-order valence-corrected chi connectivity index (χ4v) is 2.63. The summed E-state index contributed by atoms with van der Waals surface area (Å²) >= 11 is 0. The average Bonchev–Trinajstić information content (AvgIpc) is 2.86. The number of imidazole rings is 1. The normalized spacial score (nSPS) is 11.6. The van der Waals surface area contributed by atoms with Crippen molar-refractivity contribution in [3.05, 3.63) is 36.8 Å². The number of carbonyl (C=O) groups excluding carboxylic acids is 1. The van der Waals surface area contributed by atoms with Crippen LogP contribution in [0.3, 0.4) is 0 Å². The molecule has 0 saturated heterocycles. The van der Waals surface area contributed by atoms with E-state index >= 15 is 0 Å². The second kappa shape index (κ2) is 5.43. The molecular weight excluding hydrogens is 318 g/mol. The Labute approximate surface area is 132 Å². The van der Waals surface area contributed by atoms with Crippen LogP contribution in [-0.4, -0.2) is 40.2 Å². The van der Waals surface area contributed by atoms with Gasteiger partial charge >= 0.3 is 0 Å². The molecule has 23 heavy (non-hydrogen) atoms. The Morgan fingerprint density at radius 1 is 1.26 bits per heavy atom. The number of fused-ring (bicyclic) bond motifs is 1. The molecule has 3 aromatic heterocycles. The molecular formula is C14H13N5O3S. The molecule has 3 rings (SSSR count). The zero-order valence-electron chi connectivity index (χ0n) is 12.4. The van der Waals surface area contributed by atoms with E-state index in [0.29, 0.717) is 22.7 Å². The summed E-state index contributed by atoms with van der Waals surface area (Å²) in [6.45, 7) is 1.39. The Morgan fingerprint density at radius 2 is 2.04 bits per heavy atom. The lowest BCUT2D eigenvalue weighted by molar-refractivity contribution is -0.114. The van der Waals surface area contributed by atoms with Gasteiger partial charge in [-0.05, 0) is 18.2 Å². The predicted octanol–water partition coefficient (Wildman–Crippen LogP) is 1.15. The van der Waals surface area contributed by atoms with Crippen molar-refractivity contribution in [2.75, 3.05) is 11.6 Å². The van der Waals surface area contributed by atoms with Crippen molar-refractivity contribution in [3.8, 4) is 11.3 Å². The first-order valence-electron chi connectivity index (χ1n) is 6.62. The van der Waals surface area contributed by atoms with Crippen molar-refractivity contribution in [1.82, 2.24) is 19.6 Å². The molecule has 1 N–H and O–H groups in total. The summed E-state index contributed by atoms with van der Waals surface area (Å²) in [5.41, 5.74) is 1.68. The summed E-state index contributed by atoms with van der Waals surface area (Å²) in [6, 6.07) is 4.95. The third-order valence-electron chi connectivity index (χ3n) is 3.06. The van der Waals surface area contributed by atoms with Gasteiger partial charge in [-0.3, -0.25) is 9.78 Å². The molecule has 0 fully saturated rings. The summed E-state index contributed by atoms with van der Waals surface area (Å²) < 4.78 is 24.7. The van der Waals surface area contributed by atoms with Gasteiger partial charge in [0.25, 0.3) is 0 Å². The number of sulfone groups is 1. The van der Waals surface area contributed by atoms with Crippen LogP contribution >= 0.6 is 0 Å². The second-order valence-corrected chi connectivity index (χ2v) is 7.03. The standard InChI is InChI=1S/C14H13N5O3S/c1-9(20)16-13-8-19-14(17-13)4-3-12(18-19)10-5-11(7-15-6-10)23(2,21)22/h3-8H,1-2H3,(H,16,20). The van der Waals surface area contributed by atoms with Gasteiger partial charge in [0.05, 0.1) is 16.8 Å². The van der Waals surface area contributed by atoms with Crippen LogP contribution in [0.2, 0.25) is 0 Å². The number of carbonyl (C=O) groups is 1. The summed E-state index contributed by atoms with van der Waals surface area (Å²) in [6.07, 6.45) is 5.53. The number of rotatable bonds is 3. The number of pyridine rings is 1. The maximum atomic E-state index is 11.6. The van der Waals surface area contributed by atoms with Gasteiger partial charge in [0.1, 0.15) is 0 Å². The Balaban J connectivity index is 2.05. The van der Waals surface area contributed by atoms with Gasteiger partial charge in [-0.15, -0.1) is 0 Å². The minimum absolute atomic E-state index is 0.126. The highest BCUT2D eigenvalue weighted by Gasteiger charge is 2.11. The Morgan fingerprint density at radius 3 is 2.74 bits per heavy atom. The van der Waals surface area contributed by atoms with E-state index < -0.39 is 9.84 Å². The Kier molecular flexibility index (Phi) is 3.57. The maximum absolute atomic E-state index is 11.6.